The molecule has 0 radical (unpaired) electrons. The number of amides is 1. The molecule has 1 amide bonds. The number of sulfonamides is 1. The molecule has 1 aromatic carbocycles. The van der Waals surface area contributed by atoms with Crippen LogP contribution in [0.5, 0.6) is 0 Å². The van der Waals surface area contributed by atoms with Crippen LogP contribution in [-0.4, -0.2) is 51.6 Å². The zero-order valence-electron chi connectivity index (χ0n) is 16.7. The number of hydrogen-bond donors (Lipinski definition) is 1. The number of hydroxylamine groups is 1. The quantitative estimate of drug-likeness (QED) is 0.543. The molecule has 0 aromatic heterocycles. The Balaban J connectivity index is 1.90. The molecular formula is C19H28N2O6S. The summed E-state index contributed by atoms with van der Waals surface area (Å²) in [4.78, 5) is 28.9. The Morgan fingerprint density at radius 2 is 1.82 bits per heavy atom. The van der Waals surface area contributed by atoms with Gasteiger partial charge in [0.2, 0.25) is 0 Å². The van der Waals surface area contributed by atoms with Gasteiger partial charge in [-0.15, -0.1) is 0 Å². The number of carbonyl (C=O) groups excluding carboxylic acids is 2. The van der Waals surface area contributed by atoms with Crippen molar-refractivity contribution in [2.24, 2.45) is 11.8 Å². The van der Waals surface area contributed by atoms with E-state index in [9.17, 15) is 18.0 Å². The average molecular weight is 413 g/mol. The highest BCUT2D eigenvalue weighted by molar-refractivity contribution is 7.89. The molecule has 0 bridgehead atoms. The molecule has 9 heteroatoms. The van der Waals surface area contributed by atoms with Crippen LogP contribution in [0, 0.1) is 11.8 Å². The molecule has 1 aromatic rings. The monoisotopic (exact) mass is 412 g/mol. The Hall–Kier alpha value is -1.97. The average Bonchev–Trinajstić information content (AvgIpc) is 2.69. The maximum atomic E-state index is 12.1. The van der Waals surface area contributed by atoms with Crippen molar-refractivity contribution in [1.82, 2.24) is 9.79 Å². The molecule has 0 unspecified atom stereocenters. The summed E-state index contributed by atoms with van der Waals surface area (Å²) < 4.78 is 30.0. The first-order valence-electron chi connectivity index (χ1n) is 9.26. The van der Waals surface area contributed by atoms with Gasteiger partial charge in [-0.2, -0.15) is 0 Å². The van der Waals surface area contributed by atoms with E-state index < -0.39 is 16.0 Å². The summed E-state index contributed by atoms with van der Waals surface area (Å²) in [5.41, 5.74) is 0.159. The normalized spacial score (nSPS) is 22.7. The van der Waals surface area contributed by atoms with Crippen molar-refractivity contribution >= 4 is 21.9 Å². The fraction of sp³-hybridized carbons (Fsp3) is 0.579. The number of esters is 1. The highest BCUT2D eigenvalue weighted by atomic mass is 32.2. The Morgan fingerprint density at radius 1 is 1.18 bits per heavy atom. The number of nitrogens with one attached hydrogen (secondary N) is 1. The molecule has 1 aliphatic rings. The first-order valence-corrected chi connectivity index (χ1v) is 10.7. The van der Waals surface area contributed by atoms with Gasteiger partial charge in [0.15, 0.2) is 6.61 Å². The summed E-state index contributed by atoms with van der Waals surface area (Å²) in [5, 5.41) is 2.94. The lowest BCUT2D eigenvalue weighted by molar-refractivity contribution is -0.125. The summed E-state index contributed by atoms with van der Waals surface area (Å²) in [6.45, 7) is 3.93. The molecular weight excluding hydrogens is 384 g/mol. The highest BCUT2D eigenvalue weighted by Crippen LogP contribution is 2.29. The lowest BCUT2D eigenvalue weighted by Gasteiger charge is -2.34. The second kappa shape index (κ2) is 9.49. The second-order valence-corrected chi connectivity index (χ2v) is 9.07. The van der Waals surface area contributed by atoms with Gasteiger partial charge in [0, 0.05) is 13.1 Å². The minimum Gasteiger partial charge on any atom is -0.452 e. The summed E-state index contributed by atoms with van der Waals surface area (Å²) in [7, 11) is -1.28. The van der Waals surface area contributed by atoms with Gasteiger partial charge in [-0.3, -0.25) is 9.63 Å². The van der Waals surface area contributed by atoms with Gasteiger partial charge in [-0.05, 0) is 42.5 Å². The number of rotatable bonds is 7. The molecule has 28 heavy (non-hydrogen) atoms. The molecule has 0 saturated heterocycles. The third kappa shape index (κ3) is 5.30. The van der Waals surface area contributed by atoms with Gasteiger partial charge in [-0.25, -0.2) is 13.2 Å². The van der Waals surface area contributed by atoms with Gasteiger partial charge < -0.3 is 10.1 Å². The standard InChI is InChI=1S/C19H28N2O6S/c1-13-6-5-7-17(14(13)2)20-18(22)12-27-19(23)15-8-10-16(11-9-15)28(24,25)21(3)26-4/h8-11,13-14,17H,5-7,12H2,1-4H3,(H,20,22)/t13-,14+,17+/m0/s1. The Morgan fingerprint density at radius 3 is 2.43 bits per heavy atom. The zero-order valence-corrected chi connectivity index (χ0v) is 17.5. The Kier molecular flexibility index (Phi) is 7.56. The maximum Gasteiger partial charge on any atom is 0.338 e. The van der Waals surface area contributed by atoms with E-state index in [2.05, 4.69) is 19.2 Å². The van der Waals surface area contributed by atoms with Crippen LogP contribution in [0.25, 0.3) is 0 Å². The summed E-state index contributed by atoms with van der Waals surface area (Å²) in [5.74, 6) is -0.0915. The first kappa shape index (κ1) is 22.3. The van der Waals surface area contributed by atoms with Gasteiger partial charge in [0.25, 0.3) is 15.9 Å². The first-order chi connectivity index (χ1) is 13.2. The molecule has 0 heterocycles. The van der Waals surface area contributed by atoms with Gasteiger partial charge in [-0.1, -0.05) is 31.2 Å². The molecule has 1 fully saturated rings. The van der Waals surface area contributed by atoms with E-state index >= 15 is 0 Å². The van der Waals surface area contributed by atoms with Gasteiger partial charge in [0.05, 0.1) is 17.6 Å². The minimum atomic E-state index is -3.79. The van der Waals surface area contributed by atoms with E-state index in [1.165, 1.54) is 38.4 Å². The lowest BCUT2D eigenvalue weighted by atomic mass is 9.78. The molecule has 156 valence electrons. The van der Waals surface area contributed by atoms with Crippen LogP contribution in [0.1, 0.15) is 43.5 Å². The SMILES string of the molecule is CON(C)S(=O)(=O)c1ccc(C(=O)OCC(=O)N[C@@H]2CCC[C@H](C)[C@H]2C)cc1. The minimum absolute atomic E-state index is 0.0217. The molecule has 1 saturated carbocycles. The Bertz CT molecular complexity index is 793. The smallest absolute Gasteiger partial charge is 0.338 e. The zero-order chi connectivity index (χ0) is 20.9. The van der Waals surface area contributed by atoms with Crippen molar-refractivity contribution in [3.05, 3.63) is 29.8 Å². The van der Waals surface area contributed by atoms with Crippen molar-refractivity contribution in [2.75, 3.05) is 20.8 Å². The van der Waals surface area contributed by atoms with Crippen molar-refractivity contribution < 1.29 is 27.6 Å². The van der Waals surface area contributed by atoms with E-state index in [1.807, 2.05) is 0 Å². The van der Waals surface area contributed by atoms with Crippen LogP contribution in [-0.2, 0) is 24.4 Å². The van der Waals surface area contributed by atoms with Crippen LogP contribution in [0.15, 0.2) is 29.2 Å². The molecule has 1 aliphatic carbocycles. The summed E-state index contributed by atoms with van der Waals surface area (Å²) >= 11 is 0. The fourth-order valence-electron chi connectivity index (χ4n) is 3.26. The number of carbonyl (C=O) groups is 2. The molecule has 3 atom stereocenters. The predicted octanol–water partition coefficient (Wildman–Crippen LogP) is 1.97. The van der Waals surface area contributed by atoms with Crippen LogP contribution in [0.3, 0.4) is 0 Å². The number of nitrogens with zero attached hydrogens (tertiary/aromatic N) is 1. The predicted molar refractivity (Wildman–Crippen MR) is 103 cm³/mol. The second-order valence-electron chi connectivity index (χ2n) is 7.14. The van der Waals surface area contributed by atoms with Crippen LogP contribution in [0.4, 0.5) is 0 Å². The van der Waals surface area contributed by atoms with Crippen molar-refractivity contribution in [3.8, 4) is 0 Å². The van der Waals surface area contributed by atoms with Crippen molar-refractivity contribution in [3.63, 3.8) is 0 Å². The molecule has 8 nitrogen and oxygen atoms in total. The Labute approximate surface area is 166 Å². The number of benzene rings is 1. The molecule has 0 spiro atoms. The van der Waals surface area contributed by atoms with Crippen LogP contribution >= 0.6 is 0 Å². The van der Waals surface area contributed by atoms with Gasteiger partial charge in [0.1, 0.15) is 0 Å². The van der Waals surface area contributed by atoms with E-state index in [-0.39, 0.29) is 29.0 Å². The maximum absolute atomic E-state index is 12.1. The van der Waals surface area contributed by atoms with E-state index in [1.54, 1.807) is 0 Å². The topological polar surface area (TPSA) is 102 Å². The van der Waals surface area contributed by atoms with E-state index in [0.29, 0.717) is 11.8 Å². The van der Waals surface area contributed by atoms with Gasteiger partial charge >= 0.3 is 5.97 Å². The molecule has 2 rings (SSSR count). The van der Waals surface area contributed by atoms with Crippen molar-refractivity contribution in [2.45, 2.75) is 44.0 Å². The third-order valence-electron chi connectivity index (χ3n) is 5.37. The van der Waals surface area contributed by atoms with Crippen LogP contribution in [0.2, 0.25) is 0 Å². The fourth-order valence-corrected chi connectivity index (χ4v) is 4.23. The largest absolute Gasteiger partial charge is 0.452 e. The summed E-state index contributed by atoms with van der Waals surface area (Å²) in [6, 6.07) is 5.33. The summed E-state index contributed by atoms with van der Waals surface area (Å²) in [6.07, 6.45) is 3.16. The van der Waals surface area contributed by atoms with Crippen LogP contribution < -0.4 is 5.32 Å². The highest BCUT2D eigenvalue weighted by Gasteiger charge is 2.28. The van der Waals surface area contributed by atoms with E-state index in [4.69, 9.17) is 9.57 Å². The number of hydrogen-bond acceptors (Lipinski definition) is 6. The molecule has 0 aliphatic heterocycles. The number of ether oxygens (including phenoxy) is 1. The molecule has 1 N–H and O–H groups in total. The van der Waals surface area contributed by atoms with E-state index in [0.717, 1.165) is 23.7 Å². The van der Waals surface area contributed by atoms with Crippen molar-refractivity contribution in [1.29, 1.82) is 0 Å². The lowest BCUT2D eigenvalue weighted by Crippen LogP contribution is -2.45. The third-order valence-corrected chi connectivity index (χ3v) is 7.06.